The Labute approximate surface area is 82.9 Å². The zero-order valence-corrected chi connectivity index (χ0v) is 8.05. The van der Waals surface area contributed by atoms with E-state index in [-0.39, 0.29) is 11.0 Å². The van der Waals surface area contributed by atoms with E-state index in [0.29, 0.717) is 0 Å². The number of nitriles is 1. The number of hydrogen-bond acceptors (Lipinski definition) is 2. The predicted octanol–water partition coefficient (Wildman–Crippen LogP) is 1.87. The molecular weight excluding hydrogens is 180 g/mol. The average molecular weight is 194 g/mol. The topological polar surface area (TPSA) is 73.1 Å². The summed E-state index contributed by atoms with van der Waals surface area (Å²) in [5.74, 6) is 0. The lowest BCUT2D eigenvalue weighted by molar-refractivity contribution is 0.0616. The number of rotatable bonds is 1. The van der Waals surface area contributed by atoms with E-state index in [1.54, 1.807) is 0 Å². The molecule has 0 unspecified atom stereocenters. The molecule has 1 amide bonds. The molecule has 76 valence electrons. The highest BCUT2D eigenvalue weighted by Crippen LogP contribution is 2.51. The van der Waals surface area contributed by atoms with Gasteiger partial charge in [0.2, 0.25) is 0 Å². The molecule has 4 nitrogen and oxygen atoms in total. The summed E-state index contributed by atoms with van der Waals surface area (Å²) in [6, 6.07) is 2.40. The smallest absolute Gasteiger partial charge is 0.405 e. The van der Waals surface area contributed by atoms with Gasteiger partial charge in [0.15, 0.2) is 0 Å². The van der Waals surface area contributed by atoms with Crippen molar-refractivity contribution in [3.8, 4) is 6.07 Å². The molecule has 0 aromatic heterocycles. The Morgan fingerprint density at radius 1 is 1.21 bits per heavy atom. The van der Waals surface area contributed by atoms with Gasteiger partial charge in [-0.25, -0.2) is 4.79 Å². The molecule has 4 heteroatoms. The van der Waals surface area contributed by atoms with Gasteiger partial charge in [0.1, 0.15) is 0 Å². The number of amides is 1. The van der Waals surface area contributed by atoms with E-state index in [1.807, 2.05) is 0 Å². The molecular formula is C10H14N2O2. The van der Waals surface area contributed by atoms with Crippen molar-refractivity contribution in [2.75, 3.05) is 0 Å². The molecule has 3 aliphatic rings. The third-order valence-electron chi connectivity index (χ3n) is 3.86. The summed E-state index contributed by atoms with van der Waals surface area (Å²) in [4.78, 5) is 10.6. The minimum atomic E-state index is -0.934. The number of fused-ring (bicyclic) bond motifs is 3. The highest BCUT2D eigenvalue weighted by molar-refractivity contribution is 5.65. The lowest BCUT2D eigenvalue weighted by Gasteiger charge is -2.50. The molecule has 2 N–H and O–H groups in total. The lowest BCUT2D eigenvalue weighted by atomic mass is 9.58. The summed E-state index contributed by atoms with van der Waals surface area (Å²) in [7, 11) is 0. The summed E-state index contributed by atoms with van der Waals surface area (Å²) in [6.07, 6.45) is 4.10. The number of nitrogens with one attached hydrogen (secondary N) is 1. The van der Waals surface area contributed by atoms with Crippen molar-refractivity contribution in [1.29, 1.82) is 5.26 Å². The summed E-state index contributed by atoms with van der Waals surface area (Å²) in [5, 5.41) is 20.4. The second-order valence-corrected chi connectivity index (χ2v) is 4.60. The molecule has 0 saturated heterocycles. The molecule has 0 atom stereocenters. The summed E-state index contributed by atoms with van der Waals surface area (Å²) < 4.78 is 0. The van der Waals surface area contributed by atoms with Crippen molar-refractivity contribution in [1.82, 2.24) is 5.32 Å². The van der Waals surface area contributed by atoms with Crippen molar-refractivity contribution < 1.29 is 9.90 Å². The fraction of sp³-hybridized carbons (Fsp3) is 0.800. The van der Waals surface area contributed by atoms with Crippen LogP contribution < -0.4 is 5.32 Å². The molecule has 3 rings (SSSR count). The van der Waals surface area contributed by atoms with Crippen LogP contribution in [0.1, 0.15) is 38.5 Å². The van der Waals surface area contributed by atoms with Gasteiger partial charge in [-0.2, -0.15) is 5.26 Å². The Kier molecular flexibility index (Phi) is 1.91. The van der Waals surface area contributed by atoms with Gasteiger partial charge in [-0.05, 0) is 38.5 Å². The van der Waals surface area contributed by atoms with Gasteiger partial charge >= 0.3 is 6.09 Å². The van der Waals surface area contributed by atoms with Crippen LogP contribution in [0.5, 0.6) is 0 Å². The number of hydrogen-bond donors (Lipinski definition) is 2. The number of carbonyl (C=O) groups is 1. The van der Waals surface area contributed by atoms with Gasteiger partial charge in [-0.1, -0.05) is 0 Å². The maximum Gasteiger partial charge on any atom is 0.405 e. The molecule has 0 radical (unpaired) electrons. The zero-order chi connectivity index (χ0) is 10.2. The van der Waals surface area contributed by atoms with Crippen molar-refractivity contribution in [2.45, 2.75) is 44.1 Å². The van der Waals surface area contributed by atoms with E-state index in [2.05, 4.69) is 11.4 Å². The molecule has 3 saturated carbocycles. The highest BCUT2D eigenvalue weighted by Gasteiger charge is 2.49. The Hall–Kier alpha value is -1.24. The molecule has 3 aliphatic carbocycles. The molecule has 0 spiro atoms. The number of carboxylic acid groups (broad SMARTS) is 1. The van der Waals surface area contributed by atoms with E-state index in [0.717, 1.165) is 38.5 Å². The van der Waals surface area contributed by atoms with Gasteiger partial charge in [-0.3, -0.25) is 0 Å². The maximum atomic E-state index is 10.6. The minimum Gasteiger partial charge on any atom is -0.465 e. The quantitative estimate of drug-likeness (QED) is 0.669. The summed E-state index contributed by atoms with van der Waals surface area (Å²) in [5.41, 5.74) is -0.355. The van der Waals surface area contributed by atoms with Gasteiger partial charge in [0.05, 0.1) is 11.5 Å². The minimum absolute atomic E-state index is 0.137. The molecule has 0 aliphatic heterocycles. The molecule has 14 heavy (non-hydrogen) atoms. The largest absolute Gasteiger partial charge is 0.465 e. The van der Waals surface area contributed by atoms with Crippen molar-refractivity contribution in [3.63, 3.8) is 0 Å². The second kappa shape index (κ2) is 2.88. The Bertz CT molecular complexity index is 281. The standard InChI is InChI=1S/C10H14N2O2/c11-7-9-1-4-10(5-2-9,6-3-9)12-8(13)14/h12H,1-6H2,(H,13,14). The van der Waals surface area contributed by atoms with Crippen molar-refractivity contribution in [3.05, 3.63) is 0 Å². The van der Waals surface area contributed by atoms with Crippen LogP contribution in [-0.2, 0) is 0 Å². The molecule has 0 aromatic rings. The van der Waals surface area contributed by atoms with Gasteiger partial charge in [0.25, 0.3) is 0 Å². The SMILES string of the molecule is N#CC12CCC(NC(=O)O)(CC1)CC2. The van der Waals surface area contributed by atoms with Crippen LogP contribution >= 0.6 is 0 Å². The Balaban J connectivity index is 2.09. The van der Waals surface area contributed by atoms with E-state index < -0.39 is 6.09 Å². The van der Waals surface area contributed by atoms with Gasteiger partial charge < -0.3 is 10.4 Å². The molecule has 2 bridgehead atoms. The average Bonchev–Trinajstić information content (AvgIpc) is 2.19. The Morgan fingerprint density at radius 3 is 2.07 bits per heavy atom. The van der Waals surface area contributed by atoms with Crippen LogP contribution in [0.15, 0.2) is 0 Å². The zero-order valence-electron chi connectivity index (χ0n) is 8.05. The lowest BCUT2D eigenvalue weighted by Crippen LogP contribution is -2.56. The van der Waals surface area contributed by atoms with E-state index >= 15 is 0 Å². The second-order valence-electron chi connectivity index (χ2n) is 4.60. The van der Waals surface area contributed by atoms with Gasteiger partial charge in [0, 0.05) is 5.54 Å². The molecule has 0 heterocycles. The van der Waals surface area contributed by atoms with Crippen molar-refractivity contribution in [2.24, 2.45) is 5.41 Å². The summed E-state index contributed by atoms with van der Waals surface area (Å²) >= 11 is 0. The maximum absolute atomic E-state index is 10.6. The third kappa shape index (κ3) is 1.33. The first kappa shape index (κ1) is 9.32. The predicted molar refractivity (Wildman–Crippen MR) is 49.6 cm³/mol. The van der Waals surface area contributed by atoms with E-state index in [4.69, 9.17) is 10.4 Å². The first-order valence-electron chi connectivity index (χ1n) is 5.02. The first-order valence-corrected chi connectivity index (χ1v) is 5.02. The van der Waals surface area contributed by atoms with Crippen LogP contribution in [0.4, 0.5) is 4.79 Å². The monoisotopic (exact) mass is 194 g/mol. The summed E-state index contributed by atoms with van der Waals surface area (Å²) in [6.45, 7) is 0. The van der Waals surface area contributed by atoms with Crippen LogP contribution in [0.3, 0.4) is 0 Å². The highest BCUT2D eigenvalue weighted by atomic mass is 16.4. The fourth-order valence-electron chi connectivity index (χ4n) is 2.77. The van der Waals surface area contributed by atoms with Crippen molar-refractivity contribution >= 4 is 6.09 Å². The molecule has 0 aromatic carbocycles. The fourth-order valence-corrected chi connectivity index (χ4v) is 2.77. The third-order valence-corrected chi connectivity index (χ3v) is 3.86. The first-order chi connectivity index (χ1) is 6.60. The Morgan fingerprint density at radius 2 is 1.71 bits per heavy atom. The van der Waals surface area contributed by atoms with Crippen LogP contribution in [0.2, 0.25) is 0 Å². The van der Waals surface area contributed by atoms with E-state index in [1.165, 1.54) is 0 Å². The normalized spacial score (nSPS) is 40.2. The van der Waals surface area contributed by atoms with Crippen LogP contribution in [0.25, 0.3) is 0 Å². The van der Waals surface area contributed by atoms with Crippen LogP contribution in [0, 0.1) is 16.7 Å². The molecule has 3 fully saturated rings. The van der Waals surface area contributed by atoms with E-state index in [9.17, 15) is 4.79 Å². The van der Waals surface area contributed by atoms with Crippen LogP contribution in [-0.4, -0.2) is 16.7 Å². The number of nitrogens with zero attached hydrogens (tertiary/aromatic N) is 1. The van der Waals surface area contributed by atoms with Gasteiger partial charge in [-0.15, -0.1) is 0 Å².